The van der Waals surface area contributed by atoms with E-state index in [2.05, 4.69) is 38.9 Å². The molecule has 0 bridgehead atoms. The van der Waals surface area contributed by atoms with E-state index in [1.807, 2.05) is 24.3 Å². The summed E-state index contributed by atoms with van der Waals surface area (Å²) in [6.07, 6.45) is 4.53. The van der Waals surface area contributed by atoms with Crippen LogP contribution in [-0.4, -0.2) is 67.3 Å². The van der Waals surface area contributed by atoms with Crippen molar-refractivity contribution in [3.8, 4) is 11.5 Å². The first-order valence-corrected chi connectivity index (χ1v) is 10.6. The van der Waals surface area contributed by atoms with Crippen LogP contribution < -0.4 is 19.7 Å². The molecule has 0 aliphatic carbocycles. The Balaban J connectivity index is 1.63. The summed E-state index contributed by atoms with van der Waals surface area (Å²) in [6.45, 7) is 9.74. The van der Waals surface area contributed by atoms with Crippen LogP contribution in [0.25, 0.3) is 0 Å². The summed E-state index contributed by atoms with van der Waals surface area (Å²) < 4.78 is 11.2. The highest BCUT2D eigenvalue weighted by atomic mass is 16.5. The maximum atomic E-state index is 5.74. The van der Waals surface area contributed by atoms with Gasteiger partial charge in [0, 0.05) is 45.1 Å². The summed E-state index contributed by atoms with van der Waals surface area (Å²) in [7, 11) is 1.67. The van der Waals surface area contributed by atoms with Gasteiger partial charge < -0.3 is 24.6 Å². The third kappa shape index (κ3) is 5.75. The van der Waals surface area contributed by atoms with Crippen molar-refractivity contribution < 1.29 is 9.47 Å². The SMILES string of the molecule is CCCOc1ccc(CN=C(NCC)N2CCN(c3ncccn3)CC2)cc1OC. The van der Waals surface area contributed by atoms with Crippen LogP contribution in [0.2, 0.25) is 0 Å². The molecular weight excluding hydrogens is 380 g/mol. The molecule has 0 atom stereocenters. The molecule has 8 nitrogen and oxygen atoms in total. The van der Waals surface area contributed by atoms with E-state index < -0.39 is 0 Å². The molecule has 0 spiro atoms. The number of hydrogen-bond donors (Lipinski definition) is 1. The number of nitrogens with one attached hydrogen (secondary N) is 1. The Kier molecular flexibility index (Phi) is 8.11. The average Bonchev–Trinajstić information content (AvgIpc) is 2.81. The smallest absolute Gasteiger partial charge is 0.225 e. The van der Waals surface area contributed by atoms with Crippen molar-refractivity contribution in [1.82, 2.24) is 20.2 Å². The highest BCUT2D eigenvalue weighted by molar-refractivity contribution is 5.80. The van der Waals surface area contributed by atoms with Gasteiger partial charge in [-0.25, -0.2) is 15.0 Å². The molecular formula is C22H32N6O2. The molecule has 0 radical (unpaired) electrons. The van der Waals surface area contributed by atoms with E-state index in [9.17, 15) is 0 Å². The van der Waals surface area contributed by atoms with E-state index in [4.69, 9.17) is 14.5 Å². The summed E-state index contributed by atoms with van der Waals surface area (Å²) in [6, 6.07) is 7.85. The molecule has 30 heavy (non-hydrogen) atoms. The zero-order valence-electron chi connectivity index (χ0n) is 18.2. The van der Waals surface area contributed by atoms with Gasteiger partial charge in [0.1, 0.15) is 0 Å². The average molecular weight is 413 g/mol. The van der Waals surface area contributed by atoms with E-state index in [0.717, 1.165) is 68.1 Å². The van der Waals surface area contributed by atoms with Crippen LogP contribution in [0.5, 0.6) is 11.5 Å². The fraction of sp³-hybridized carbons (Fsp3) is 0.500. The first-order chi connectivity index (χ1) is 14.7. The fourth-order valence-electron chi connectivity index (χ4n) is 3.31. The molecule has 1 aliphatic heterocycles. The number of piperazine rings is 1. The van der Waals surface area contributed by atoms with Crippen molar-refractivity contribution in [3.63, 3.8) is 0 Å². The Bertz CT molecular complexity index is 807. The van der Waals surface area contributed by atoms with Crippen LogP contribution in [0.3, 0.4) is 0 Å². The molecule has 162 valence electrons. The molecule has 1 aromatic heterocycles. The summed E-state index contributed by atoms with van der Waals surface area (Å²) >= 11 is 0. The lowest BCUT2D eigenvalue weighted by Gasteiger charge is -2.36. The van der Waals surface area contributed by atoms with Crippen molar-refractivity contribution in [1.29, 1.82) is 0 Å². The number of aromatic nitrogens is 2. The van der Waals surface area contributed by atoms with Crippen molar-refractivity contribution in [2.24, 2.45) is 4.99 Å². The second-order valence-corrected chi connectivity index (χ2v) is 7.03. The molecule has 1 saturated heterocycles. The molecule has 0 saturated carbocycles. The van der Waals surface area contributed by atoms with Crippen LogP contribution in [0.15, 0.2) is 41.7 Å². The summed E-state index contributed by atoms with van der Waals surface area (Å²) in [4.78, 5) is 18.1. The number of anilines is 1. The number of methoxy groups -OCH3 is 1. The molecule has 0 amide bonds. The second kappa shape index (κ2) is 11.2. The third-order valence-electron chi connectivity index (χ3n) is 4.85. The Hall–Kier alpha value is -3.03. The Labute approximate surface area is 178 Å². The maximum Gasteiger partial charge on any atom is 0.225 e. The lowest BCUT2D eigenvalue weighted by Crippen LogP contribution is -2.52. The van der Waals surface area contributed by atoms with E-state index in [0.29, 0.717) is 13.2 Å². The van der Waals surface area contributed by atoms with Gasteiger partial charge in [0.2, 0.25) is 5.95 Å². The fourth-order valence-corrected chi connectivity index (χ4v) is 3.31. The topological polar surface area (TPSA) is 75.1 Å². The van der Waals surface area contributed by atoms with E-state index in [-0.39, 0.29) is 0 Å². The van der Waals surface area contributed by atoms with E-state index in [1.54, 1.807) is 19.5 Å². The van der Waals surface area contributed by atoms with Gasteiger partial charge >= 0.3 is 0 Å². The predicted octanol–water partition coefficient (Wildman–Crippen LogP) is 2.56. The second-order valence-electron chi connectivity index (χ2n) is 7.03. The monoisotopic (exact) mass is 412 g/mol. The molecule has 1 aliphatic rings. The minimum Gasteiger partial charge on any atom is -0.493 e. The van der Waals surface area contributed by atoms with Crippen LogP contribution in [0.4, 0.5) is 5.95 Å². The zero-order valence-corrected chi connectivity index (χ0v) is 18.2. The Morgan fingerprint density at radius 1 is 1.10 bits per heavy atom. The summed E-state index contributed by atoms with van der Waals surface area (Å²) in [5.74, 6) is 3.24. The number of aliphatic imine (C=N–C) groups is 1. The lowest BCUT2D eigenvalue weighted by molar-refractivity contribution is 0.294. The van der Waals surface area contributed by atoms with Crippen LogP contribution in [-0.2, 0) is 6.54 Å². The third-order valence-corrected chi connectivity index (χ3v) is 4.85. The molecule has 1 N–H and O–H groups in total. The number of ether oxygens (including phenoxy) is 2. The zero-order chi connectivity index (χ0) is 21.2. The first-order valence-electron chi connectivity index (χ1n) is 10.6. The van der Waals surface area contributed by atoms with Gasteiger partial charge in [0.15, 0.2) is 17.5 Å². The van der Waals surface area contributed by atoms with Crippen LogP contribution >= 0.6 is 0 Å². The molecule has 3 rings (SSSR count). The van der Waals surface area contributed by atoms with Gasteiger partial charge in [0.05, 0.1) is 20.3 Å². The van der Waals surface area contributed by atoms with Gasteiger partial charge in [-0.05, 0) is 37.1 Å². The molecule has 2 aromatic rings. The highest BCUT2D eigenvalue weighted by Gasteiger charge is 2.21. The van der Waals surface area contributed by atoms with Gasteiger partial charge in [0.25, 0.3) is 0 Å². The van der Waals surface area contributed by atoms with Gasteiger partial charge in [-0.2, -0.15) is 0 Å². The van der Waals surface area contributed by atoms with Crippen molar-refractivity contribution in [2.45, 2.75) is 26.8 Å². The van der Waals surface area contributed by atoms with Gasteiger partial charge in [-0.3, -0.25) is 0 Å². The maximum absolute atomic E-state index is 5.74. The largest absolute Gasteiger partial charge is 0.493 e. The quantitative estimate of drug-likeness (QED) is 0.527. The van der Waals surface area contributed by atoms with Gasteiger partial charge in [-0.15, -0.1) is 0 Å². The number of nitrogens with zero attached hydrogens (tertiary/aromatic N) is 5. The number of hydrogen-bond acceptors (Lipinski definition) is 6. The number of rotatable bonds is 8. The summed E-state index contributed by atoms with van der Waals surface area (Å²) in [5.41, 5.74) is 1.09. The predicted molar refractivity (Wildman–Crippen MR) is 119 cm³/mol. The Morgan fingerprint density at radius 2 is 1.87 bits per heavy atom. The van der Waals surface area contributed by atoms with E-state index >= 15 is 0 Å². The summed E-state index contributed by atoms with van der Waals surface area (Å²) in [5, 5.41) is 3.42. The molecule has 1 aromatic carbocycles. The van der Waals surface area contributed by atoms with Crippen LogP contribution in [0, 0.1) is 0 Å². The molecule has 2 heterocycles. The minimum absolute atomic E-state index is 0.578. The molecule has 8 heteroatoms. The van der Waals surface area contributed by atoms with Crippen molar-refractivity contribution >= 4 is 11.9 Å². The minimum atomic E-state index is 0.578. The number of guanidine groups is 1. The van der Waals surface area contributed by atoms with Gasteiger partial charge in [-0.1, -0.05) is 13.0 Å². The van der Waals surface area contributed by atoms with Crippen molar-refractivity contribution in [3.05, 3.63) is 42.2 Å². The number of benzene rings is 1. The lowest BCUT2D eigenvalue weighted by atomic mass is 10.2. The highest BCUT2D eigenvalue weighted by Crippen LogP contribution is 2.28. The molecule has 1 fully saturated rings. The molecule has 0 unspecified atom stereocenters. The normalized spacial score (nSPS) is 14.6. The standard InChI is InChI=1S/C22H32N6O2/c1-4-15-30-19-8-7-18(16-20(19)29-3)17-26-21(23-5-2)27-11-13-28(14-12-27)22-24-9-6-10-25-22/h6-10,16H,4-5,11-15,17H2,1-3H3,(H,23,26). The van der Waals surface area contributed by atoms with Crippen LogP contribution in [0.1, 0.15) is 25.8 Å². The first kappa shape index (κ1) is 21.7. The van der Waals surface area contributed by atoms with Crippen molar-refractivity contribution in [2.75, 3.05) is 51.3 Å². The van der Waals surface area contributed by atoms with E-state index in [1.165, 1.54) is 0 Å². The Morgan fingerprint density at radius 3 is 2.53 bits per heavy atom.